The summed E-state index contributed by atoms with van der Waals surface area (Å²) in [7, 11) is -3.42. The van der Waals surface area contributed by atoms with Crippen molar-refractivity contribution in [3.05, 3.63) is 29.8 Å². The average Bonchev–Trinajstić information content (AvgIpc) is 2.33. The first-order chi connectivity index (χ1) is 9.02. The zero-order valence-corrected chi connectivity index (χ0v) is 12.4. The minimum absolute atomic E-state index is 0.00117. The third kappa shape index (κ3) is 3.52. The molecule has 0 aliphatic carbocycles. The SMILES string of the molecule is CCCNC(C)(c1ccc(S(C)(=O)=O)cc1)C(F)(F)F. The van der Waals surface area contributed by atoms with Gasteiger partial charge >= 0.3 is 6.18 Å². The molecule has 20 heavy (non-hydrogen) atoms. The van der Waals surface area contributed by atoms with Crippen molar-refractivity contribution >= 4 is 9.84 Å². The van der Waals surface area contributed by atoms with Crippen molar-refractivity contribution in [3.63, 3.8) is 0 Å². The summed E-state index contributed by atoms with van der Waals surface area (Å²) in [6, 6.07) is 4.80. The Hall–Kier alpha value is -1.08. The Balaban J connectivity index is 3.23. The molecule has 1 aromatic rings. The molecular formula is C13H18F3NO2S. The standard InChI is InChI=1S/C13H18F3NO2S/c1-4-9-17-12(2,13(14,15)16)10-5-7-11(8-6-10)20(3,18)19/h5-8,17H,4,9H2,1-3H3. The van der Waals surface area contributed by atoms with Gasteiger partial charge in [0.2, 0.25) is 0 Å². The van der Waals surface area contributed by atoms with Crippen LogP contribution in [-0.4, -0.2) is 27.4 Å². The molecule has 114 valence electrons. The van der Waals surface area contributed by atoms with Crippen molar-refractivity contribution in [1.29, 1.82) is 0 Å². The molecule has 1 aromatic carbocycles. The minimum Gasteiger partial charge on any atom is -0.300 e. The molecule has 0 saturated heterocycles. The zero-order chi connectivity index (χ0) is 15.6. The Morgan fingerprint density at radius 2 is 1.65 bits per heavy atom. The number of nitrogens with one attached hydrogen (secondary N) is 1. The van der Waals surface area contributed by atoms with Gasteiger partial charge in [0.1, 0.15) is 5.54 Å². The maximum absolute atomic E-state index is 13.3. The maximum Gasteiger partial charge on any atom is 0.410 e. The highest BCUT2D eigenvalue weighted by Gasteiger charge is 2.51. The van der Waals surface area contributed by atoms with E-state index in [9.17, 15) is 21.6 Å². The lowest BCUT2D eigenvalue weighted by molar-refractivity contribution is -0.195. The molecule has 1 unspecified atom stereocenters. The van der Waals surface area contributed by atoms with Crippen LogP contribution in [0.25, 0.3) is 0 Å². The molecule has 1 N–H and O–H groups in total. The molecule has 0 radical (unpaired) electrons. The topological polar surface area (TPSA) is 46.2 Å². The first-order valence-corrected chi connectivity index (χ1v) is 8.04. The largest absolute Gasteiger partial charge is 0.410 e. The van der Waals surface area contributed by atoms with Gasteiger partial charge in [0.25, 0.3) is 0 Å². The molecule has 0 spiro atoms. The second-order valence-electron chi connectivity index (χ2n) is 4.85. The van der Waals surface area contributed by atoms with Crippen LogP contribution in [0.1, 0.15) is 25.8 Å². The Kier molecular flexibility index (Phi) is 4.86. The Bertz CT molecular complexity index is 552. The van der Waals surface area contributed by atoms with Crippen LogP contribution in [0.2, 0.25) is 0 Å². The summed E-state index contributed by atoms with van der Waals surface area (Å²) >= 11 is 0. The Labute approximate surface area is 117 Å². The van der Waals surface area contributed by atoms with Crippen molar-refractivity contribution in [2.24, 2.45) is 0 Å². The molecule has 0 amide bonds. The van der Waals surface area contributed by atoms with Gasteiger partial charge in [-0.25, -0.2) is 8.42 Å². The fourth-order valence-electron chi connectivity index (χ4n) is 1.78. The van der Waals surface area contributed by atoms with Gasteiger partial charge in [0.15, 0.2) is 9.84 Å². The van der Waals surface area contributed by atoms with Crippen molar-refractivity contribution < 1.29 is 21.6 Å². The first kappa shape index (κ1) is 17.0. The van der Waals surface area contributed by atoms with Crippen LogP contribution in [0.15, 0.2) is 29.2 Å². The van der Waals surface area contributed by atoms with Gasteiger partial charge in [-0.05, 0) is 37.6 Å². The Morgan fingerprint density at radius 3 is 2.00 bits per heavy atom. The summed E-state index contributed by atoms with van der Waals surface area (Å²) < 4.78 is 62.5. The molecule has 1 rings (SSSR count). The van der Waals surface area contributed by atoms with E-state index < -0.39 is 21.6 Å². The monoisotopic (exact) mass is 309 g/mol. The van der Waals surface area contributed by atoms with Crippen LogP contribution in [-0.2, 0) is 15.4 Å². The third-order valence-electron chi connectivity index (χ3n) is 3.16. The van der Waals surface area contributed by atoms with E-state index >= 15 is 0 Å². The molecular weight excluding hydrogens is 291 g/mol. The summed E-state index contributed by atoms with van der Waals surface area (Å²) in [4.78, 5) is 0.00117. The number of sulfone groups is 1. The summed E-state index contributed by atoms with van der Waals surface area (Å²) in [5.74, 6) is 0. The van der Waals surface area contributed by atoms with Crippen molar-refractivity contribution in [2.75, 3.05) is 12.8 Å². The van der Waals surface area contributed by atoms with E-state index in [1.807, 2.05) is 0 Å². The van der Waals surface area contributed by atoms with Gasteiger partial charge in [-0.1, -0.05) is 19.1 Å². The van der Waals surface area contributed by atoms with Crippen LogP contribution >= 0.6 is 0 Å². The first-order valence-electron chi connectivity index (χ1n) is 6.14. The molecule has 3 nitrogen and oxygen atoms in total. The van der Waals surface area contributed by atoms with Gasteiger partial charge < -0.3 is 5.32 Å². The number of benzene rings is 1. The molecule has 0 bridgehead atoms. The highest BCUT2D eigenvalue weighted by molar-refractivity contribution is 7.90. The molecule has 0 heterocycles. The Morgan fingerprint density at radius 1 is 1.15 bits per heavy atom. The number of hydrogen-bond donors (Lipinski definition) is 1. The number of halogens is 3. The minimum atomic E-state index is -4.48. The van der Waals surface area contributed by atoms with Gasteiger partial charge in [-0.3, -0.25) is 0 Å². The summed E-state index contributed by atoms with van der Waals surface area (Å²) in [5.41, 5.74) is -2.20. The van der Waals surface area contributed by atoms with E-state index in [4.69, 9.17) is 0 Å². The second kappa shape index (κ2) is 5.73. The second-order valence-corrected chi connectivity index (χ2v) is 6.86. The van der Waals surface area contributed by atoms with Crippen molar-refractivity contribution in [3.8, 4) is 0 Å². The summed E-state index contributed by atoms with van der Waals surface area (Å²) in [5, 5.41) is 2.49. The lowest BCUT2D eigenvalue weighted by Gasteiger charge is -2.33. The predicted octanol–water partition coefficient (Wildman–Crippen LogP) is 2.87. The highest BCUT2D eigenvalue weighted by atomic mass is 32.2. The van der Waals surface area contributed by atoms with Crippen LogP contribution in [0.3, 0.4) is 0 Å². The van der Waals surface area contributed by atoms with Crippen molar-refractivity contribution in [1.82, 2.24) is 5.32 Å². The quantitative estimate of drug-likeness (QED) is 0.910. The van der Waals surface area contributed by atoms with Gasteiger partial charge in [-0.2, -0.15) is 13.2 Å². The predicted molar refractivity (Wildman–Crippen MR) is 71.3 cm³/mol. The molecule has 1 atom stereocenters. The van der Waals surface area contributed by atoms with E-state index in [0.29, 0.717) is 6.42 Å². The van der Waals surface area contributed by atoms with E-state index in [1.54, 1.807) is 6.92 Å². The van der Waals surface area contributed by atoms with Gasteiger partial charge in [0, 0.05) is 6.26 Å². The summed E-state index contributed by atoms with van der Waals surface area (Å²) in [6.45, 7) is 3.04. The molecule has 0 fully saturated rings. The van der Waals surface area contributed by atoms with E-state index in [0.717, 1.165) is 13.2 Å². The van der Waals surface area contributed by atoms with Crippen LogP contribution in [0.4, 0.5) is 13.2 Å². The van der Waals surface area contributed by atoms with Crippen LogP contribution < -0.4 is 5.32 Å². The molecule has 0 saturated carbocycles. The lowest BCUT2D eigenvalue weighted by Crippen LogP contribution is -2.51. The normalized spacial score (nSPS) is 15.9. The van der Waals surface area contributed by atoms with Crippen LogP contribution in [0, 0.1) is 0 Å². The molecule has 0 aromatic heterocycles. The third-order valence-corrected chi connectivity index (χ3v) is 4.28. The molecule has 7 heteroatoms. The smallest absolute Gasteiger partial charge is 0.300 e. The highest BCUT2D eigenvalue weighted by Crippen LogP contribution is 2.38. The van der Waals surface area contributed by atoms with E-state index in [-0.39, 0.29) is 17.0 Å². The van der Waals surface area contributed by atoms with Crippen molar-refractivity contribution in [2.45, 2.75) is 36.9 Å². The molecule has 0 aliphatic heterocycles. The number of alkyl halides is 3. The number of hydrogen-bond acceptors (Lipinski definition) is 3. The number of rotatable bonds is 5. The fraction of sp³-hybridized carbons (Fsp3) is 0.538. The van der Waals surface area contributed by atoms with E-state index in [1.165, 1.54) is 24.3 Å². The summed E-state index contributed by atoms with van der Waals surface area (Å²) in [6.07, 6.45) is -2.90. The lowest BCUT2D eigenvalue weighted by atomic mass is 9.91. The fourth-order valence-corrected chi connectivity index (χ4v) is 2.41. The zero-order valence-electron chi connectivity index (χ0n) is 11.6. The maximum atomic E-state index is 13.3. The van der Waals surface area contributed by atoms with Crippen LogP contribution in [0.5, 0.6) is 0 Å². The average molecular weight is 309 g/mol. The van der Waals surface area contributed by atoms with Gasteiger partial charge in [-0.15, -0.1) is 0 Å². The van der Waals surface area contributed by atoms with E-state index in [2.05, 4.69) is 5.32 Å². The molecule has 0 aliphatic rings. The van der Waals surface area contributed by atoms with Gasteiger partial charge in [0.05, 0.1) is 4.90 Å².